The summed E-state index contributed by atoms with van der Waals surface area (Å²) in [6.07, 6.45) is 3.05. The molecule has 2 heterocycles. The van der Waals surface area contributed by atoms with E-state index in [9.17, 15) is 4.79 Å². The lowest BCUT2D eigenvalue weighted by molar-refractivity contribution is -0.130. The Kier molecular flexibility index (Phi) is 6.01. The van der Waals surface area contributed by atoms with E-state index in [2.05, 4.69) is 29.1 Å². The first kappa shape index (κ1) is 15.5. The van der Waals surface area contributed by atoms with Gasteiger partial charge in [0.2, 0.25) is 5.91 Å². The number of carbonyl (C=O) groups is 1. The number of amides is 1. The predicted octanol–water partition coefficient (Wildman–Crippen LogP) is 2.77. The maximum absolute atomic E-state index is 12.4. The molecule has 1 aromatic heterocycles. The maximum atomic E-state index is 12.4. The third kappa shape index (κ3) is 3.59. The van der Waals surface area contributed by atoms with E-state index in [-0.39, 0.29) is 18.1 Å². The van der Waals surface area contributed by atoms with E-state index in [1.165, 1.54) is 5.56 Å². The zero-order chi connectivity index (χ0) is 14.4. The number of unbranched alkanes of at least 4 members (excludes halogenated alkanes) is 1. The van der Waals surface area contributed by atoms with Crippen LogP contribution in [0.2, 0.25) is 0 Å². The molecule has 2 atom stereocenters. The van der Waals surface area contributed by atoms with Crippen molar-refractivity contribution >= 4 is 17.2 Å². The van der Waals surface area contributed by atoms with E-state index >= 15 is 0 Å². The van der Waals surface area contributed by atoms with E-state index in [1.54, 1.807) is 11.3 Å². The fourth-order valence-corrected chi connectivity index (χ4v) is 3.11. The molecule has 1 N–H and O–H groups in total. The van der Waals surface area contributed by atoms with Crippen LogP contribution >= 0.6 is 11.3 Å². The molecule has 20 heavy (non-hydrogen) atoms. The summed E-state index contributed by atoms with van der Waals surface area (Å²) in [6.45, 7) is 6.25. The van der Waals surface area contributed by atoms with Crippen molar-refractivity contribution in [2.24, 2.45) is 0 Å². The molecule has 1 aliphatic rings. The molecule has 2 unspecified atom stereocenters. The van der Waals surface area contributed by atoms with Gasteiger partial charge < -0.3 is 9.64 Å². The second-order valence-corrected chi connectivity index (χ2v) is 5.86. The van der Waals surface area contributed by atoms with Crippen molar-refractivity contribution in [1.29, 1.82) is 0 Å². The Hall–Kier alpha value is -0.910. The summed E-state index contributed by atoms with van der Waals surface area (Å²) < 4.78 is 5.60. The topological polar surface area (TPSA) is 41.6 Å². The second kappa shape index (κ2) is 7.76. The summed E-state index contributed by atoms with van der Waals surface area (Å²) in [6, 6.07) is 2.02. The van der Waals surface area contributed by atoms with Crippen molar-refractivity contribution in [2.45, 2.75) is 45.3 Å². The van der Waals surface area contributed by atoms with Crippen molar-refractivity contribution in [1.82, 2.24) is 10.2 Å². The number of nitrogens with zero attached hydrogens (tertiary/aromatic N) is 1. The lowest BCUT2D eigenvalue weighted by Gasteiger charge is -2.23. The third-order valence-corrected chi connectivity index (χ3v) is 4.34. The molecule has 1 saturated heterocycles. The van der Waals surface area contributed by atoms with Crippen LogP contribution in [0.3, 0.4) is 0 Å². The van der Waals surface area contributed by atoms with Crippen LogP contribution < -0.4 is 5.32 Å². The van der Waals surface area contributed by atoms with Gasteiger partial charge in [-0.1, -0.05) is 20.3 Å². The molecule has 1 aliphatic heterocycles. The monoisotopic (exact) mass is 296 g/mol. The lowest BCUT2D eigenvalue weighted by Crippen LogP contribution is -2.33. The number of hydrogen-bond donors (Lipinski definition) is 1. The Morgan fingerprint density at radius 2 is 2.25 bits per heavy atom. The van der Waals surface area contributed by atoms with E-state index in [1.807, 2.05) is 11.8 Å². The first-order valence-corrected chi connectivity index (χ1v) is 8.38. The van der Waals surface area contributed by atoms with Crippen molar-refractivity contribution in [3.05, 3.63) is 22.4 Å². The minimum Gasteiger partial charge on any atom is -0.380 e. The van der Waals surface area contributed by atoms with Crippen LogP contribution in [0, 0.1) is 0 Å². The number of ether oxygens (including phenoxy) is 1. The molecule has 0 aliphatic carbocycles. The van der Waals surface area contributed by atoms with E-state index in [0.717, 1.165) is 25.9 Å². The Bertz CT molecular complexity index is 408. The first-order valence-electron chi connectivity index (χ1n) is 7.44. The highest BCUT2D eigenvalue weighted by atomic mass is 32.1. The molecule has 0 spiro atoms. The molecule has 1 fully saturated rings. The summed E-state index contributed by atoms with van der Waals surface area (Å²) in [5.41, 5.74) is 1.17. The van der Waals surface area contributed by atoms with Crippen molar-refractivity contribution in [2.75, 3.05) is 19.8 Å². The summed E-state index contributed by atoms with van der Waals surface area (Å²) >= 11 is 1.66. The largest absolute Gasteiger partial charge is 0.380 e. The van der Waals surface area contributed by atoms with Crippen LogP contribution in [0.1, 0.15) is 44.8 Å². The normalized spacial score (nSPS) is 22.7. The number of hydrogen-bond acceptors (Lipinski definition) is 4. The summed E-state index contributed by atoms with van der Waals surface area (Å²) in [7, 11) is 0. The quantitative estimate of drug-likeness (QED) is 0.750. The molecule has 0 bridgehead atoms. The number of carbonyl (C=O) groups excluding carboxylic acids is 1. The van der Waals surface area contributed by atoms with Crippen molar-refractivity contribution in [3.63, 3.8) is 0 Å². The Balaban J connectivity index is 1.93. The first-order chi connectivity index (χ1) is 9.77. The van der Waals surface area contributed by atoms with Gasteiger partial charge in [0, 0.05) is 13.2 Å². The van der Waals surface area contributed by atoms with Gasteiger partial charge in [-0.2, -0.15) is 11.3 Å². The number of nitrogens with one attached hydrogen (secondary N) is 1. The van der Waals surface area contributed by atoms with Crippen LogP contribution in [-0.4, -0.2) is 36.6 Å². The van der Waals surface area contributed by atoms with Gasteiger partial charge in [0.15, 0.2) is 0 Å². The number of thiophene rings is 1. The average molecular weight is 296 g/mol. The average Bonchev–Trinajstić information content (AvgIpc) is 3.07. The second-order valence-electron chi connectivity index (χ2n) is 5.08. The van der Waals surface area contributed by atoms with Crippen molar-refractivity contribution < 1.29 is 9.53 Å². The lowest BCUT2D eigenvalue weighted by atomic mass is 10.2. The SMILES string of the molecule is CCCCOCCN1C(=O)C(CC)NC1c1ccsc1. The molecule has 2 rings (SSSR count). The fourth-order valence-electron chi connectivity index (χ4n) is 2.43. The molecule has 112 valence electrons. The van der Waals surface area contributed by atoms with E-state index in [0.29, 0.717) is 13.2 Å². The molecule has 0 aromatic carbocycles. The van der Waals surface area contributed by atoms with Crippen LogP contribution in [0.15, 0.2) is 16.8 Å². The smallest absolute Gasteiger partial charge is 0.241 e. The molecule has 0 radical (unpaired) electrons. The van der Waals surface area contributed by atoms with Gasteiger partial charge in [-0.3, -0.25) is 10.1 Å². The zero-order valence-electron chi connectivity index (χ0n) is 12.3. The van der Waals surface area contributed by atoms with Gasteiger partial charge in [0.25, 0.3) is 0 Å². The van der Waals surface area contributed by atoms with Crippen LogP contribution in [0.25, 0.3) is 0 Å². The van der Waals surface area contributed by atoms with Gasteiger partial charge in [0.05, 0.1) is 12.6 Å². The summed E-state index contributed by atoms with van der Waals surface area (Å²) in [5.74, 6) is 0.197. The number of rotatable bonds is 8. The summed E-state index contributed by atoms with van der Waals surface area (Å²) in [4.78, 5) is 14.3. The van der Waals surface area contributed by atoms with Gasteiger partial charge in [-0.25, -0.2) is 0 Å². The highest BCUT2D eigenvalue weighted by Crippen LogP contribution is 2.27. The molecular formula is C15H24N2O2S. The highest BCUT2D eigenvalue weighted by Gasteiger charge is 2.38. The summed E-state index contributed by atoms with van der Waals surface area (Å²) in [5, 5.41) is 7.58. The molecule has 0 saturated carbocycles. The van der Waals surface area contributed by atoms with Gasteiger partial charge in [-0.15, -0.1) is 0 Å². The van der Waals surface area contributed by atoms with Gasteiger partial charge in [0.1, 0.15) is 6.17 Å². The predicted molar refractivity (Wildman–Crippen MR) is 81.7 cm³/mol. The molecule has 5 heteroatoms. The molecule has 4 nitrogen and oxygen atoms in total. The minimum absolute atomic E-state index is 0.00785. The zero-order valence-corrected chi connectivity index (χ0v) is 13.1. The molecule has 1 aromatic rings. The van der Waals surface area contributed by atoms with Crippen LogP contribution in [0.5, 0.6) is 0 Å². The van der Waals surface area contributed by atoms with Gasteiger partial charge in [-0.05, 0) is 35.2 Å². The molecular weight excluding hydrogens is 272 g/mol. The van der Waals surface area contributed by atoms with Crippen LogP contribution in [-0.2, 0) is 9.53 Å². The Labute approximate surface area is 125 Å². The fraction of sp³-hybridized carbons (Fsp3) is 0.667. The maximum Gasteiger partial charge on any atom is 0.241 e. The molecule has 1 amide bonds. The van der Waals surface area contributed by atoms with Crippen LogP contribution in [0.4, 0.5) is 0 Å². The highest BCUT2D eigenvalue weighted by molar-refractivity contribution is 7.07. The standard InChI is InChI=1S/C15H24N2O2S/c1-3-5-8-19-9-7-17-14(12-6-10-20-11-12)16-13(4-2)15(17)18/h6,10-11,13-14,16H,3-5,7-9H2,1-2H3. The van der Waals surface area contributed by atoms with E-state index < -0.39 is 0 Å². The Morgan fingerprint density at radius 1 is 1.40 bits per heavy atom. The third-order valence-electron chi connectivity index (χ3n) is 3.64. The van der Waals surface area contributed by atoms with E-state index in [4.69, 9.17) is 4.74 Å². The minimum atomic E-state index is -0.0597. The van der Waals surface area contributed by atoms with Gasteiger partial charge >= 0.3 is 0 Å². The van der Waals surface area contributed by atoms with Crippen molar-refractivity contribution in [3.8, 4) is 0 Å². The Morgan fingerprint density at radius 3 is 2.90 bits per heavy atom.